The molecule has 0 aliphatic carbocycles. The monoisotopic (exact) mass is 272 g/mol. The van der Waals surface area contributed by atoms with Gasteiger partial charge in [-0.2, -0.15) is 0 Å². The topological polar surface area (TPSA) is 56.7 Å². The van der Waals surface area contributed by atoms with Gasteiger partial charge in [-0.3, -0.25) is 4.57 Å². The van der Waals surface area contributed by atoms with Crippen LogP contribution in [0.5, 0.6) is 0 Å². The van der Waals surface area contributed by atoms with Gasteiger partial charge in [-0.25, -0.2) is 0 Å². The van der Waals surface area contributed by atoms with Crippen LogP contribution >= 0.6 is 11.8 Å². The van der Waals surface area contributed by atoms with Crippen molar-refractivity contribution in [3.05, 3.63) is 54.6 Å². The Morgan fingerprint density at radius 3 is 3.00 bits per heavy atom. The number of benzene rings is 1. The summed E-state index contributed by atoms with van der Waals surface area (Å²) < 4.78 is 1.77. The van der Waals surface area contributed by atoms with Crippen molar-refractivity contribution in [1.29, 1.82) is 0 Å². The van der Waals surface area contributed by atoms with Crippen LogP contribution in [0.4, 0.5) is 0 Å². The summed E-state index contributed by atoms with van der Waals surface area (Å²) in [4.78, 5) is 1.22. The minimum Gasteiger partial charge on any atom is -0.326 e. The molecule has 0 aliphatic heterocycles. The molecule has 0 saturated carbocycles. The molecule has 1 aromatic heterocycles. The van der Waals surface area contributed by atoms with E-state index < -0.39 is 0 Å². The van der Waals surface area contributed by atoms with Gasteiger partial charge >= 0.3 is 0 Å². The fourth-order valence-electron chi connectivity index (χ4n) is 1.62. The molecule has 0 aliphatic rings. The van der Waals surface area contributed by atoms with E-state index in [4.69, 9.17) is 5.73 Å². The first-order chi connectivity index (χ1) is 9.35. The van der Waals surface area contributed by atoms with Gasteiger partial charge in [0.1, 0.15) is 6.33 Å². The predicted molar refractivity (Wildman–Crippen MR) is 80.5 cm³/mol. The first-order valence-electron chi connectivity index (χ1n) is 5.94. The lowest BCUT2D eigenvalue weighted by molar-refractivity contribution is 1.03. The average Bonchev–Trinajstić information content (AvgIpc) is 2.91. The van der Waals surface area contributed by atoms with Crippen LogP contribution in [0.1, 0.15) is 11.4 Å². The van der Waals surface area contributed by atoms with E-state index in [0.717, 1.165) is 11.6 Å². The van der Waals surface area contributed by atoms with Gasteiger partial charge in [-0.05, 0) is 17.7 Å². The second kappa shape index (κ2) is 6.92. The maximum atomic E-state index is 5.71. The summed E-state index contributed by atoms with van der Waals surface area (Å²) in [5.41, 5.74) is 6.88. The molecule has 0 radical (unpaired) electrons. The quantitative estimate of drug-likeness (QED) is 0.821. The second-order valence-electron chi connectivity index (χ2n) is 3.80. The minimum atomic E-state index is 0.567. The Morgan fingerprint density at radius 1 is 1.37 bits per heavy atom. The molecule has 0 saturated heterocycles. The smallest absolute Gasteiger partial charge is 0.160 e. The van der Waals surface area contributed by atoms with Gasteiger partial charge in [-0.1, -0.05) is 30.9 Å². The molecule has 2 aromatic rings. The van der Waals surface area contributed by atoms with Gasteiger partial charge in [0, 0.05) is 23.4 Å². The van der Waals surface area contributed by atoms with Crippen molar-refractivity contribution < 1.29 is 0 Å². The molecule has 98 valence electrons. The highest BCUT2D eigenvalue weighted by molar-refractivity contribution is 7.99. The lowest BCUT2D eigenvalue weighted by Gasteiger charge is -2.04. The van der Waals surface area contributed by atoms with Crippen LogP contribution in [0.15, 0.2) is 48.1 Å². The Bertz CT molecular complexity index is 574. The molecule has 19 heavy (non-hydrogen) atoms. The van der Waals surface area contributed by atoms with Gasteiger partial charge < -0.3 is 5.73 Å². The standard InChI is InChI=1S/C14H16N4S/c1-2-18-11-16-17-14(18)8-5-9-19-13-7-4-3-6-12(13)10-15/h2-8,11H,1,9-10,15H2/b8-5-. The van der Waals surface area contributed by atoms with E-state index in [-0.39, 0.29) is 0 Å². The number of hydrogen-bond donors (Lipinski definition) is 1. The van der Waals surface area contributed by atoms with Crippen LogP contribution in [0, 0.1) is 0 Å². The molecule has 2 rings (SSSR count). The maximum absolute atomic E-state index is 5.71. The fraction of sp³-hybridized carbons (Fsp3) is 0.143. The Balaban J connectivity index is 1.95. The van der Waals surface area contributed by atoms with Crippen molar-refractivity contribution in [3.8, 4) is 0 Å². The number of rotatable bonds is 6. The summed E-state index contributed by atoms with van der Waals surface area (Å²) in [5, 5.41) is 7.82. The normalized spacial score (nSPS) is 11.0. The van der Waals surface area contributed by atoms with Crippen LogP contribution in [-0.4, -0.2) is 20.5 Å². The number of nitrogens with zero attached hydrogens (tertiary/aromatic N) is 3. The Morgan fingerprint density at radius 2 is 2.21 bits per heavy atom. The second-order valence-corrected chi connectivity index (χ2v) is 4.87. The van der Waals surface area contributed by atoms with Crippen molar-refractivity contribution in [2.75, 3.05) is 5.75 Å². The first kappa shape index (κ1) is 13.6. The molecule has 2 N–H and O–H groups in total. The van der Waals surface area contributed by atoms with Crippen LogP contribution in [0.2, 0.25) is 0 Å². The number of thioether (sulfide) groups is 1. The van der Waals surface area contributed by atoms with Crippen molar-refractivity contribution in [3.63, 3.8) is 0 Å². The molecule has 0 unspecified atom stereocenters. The van der Waals surface area contributed by atoms with E-state index in [1.807, 2.05) is 18.2 Å². The molecule has 1 aromatic carbocycles. The molecule has 5 heteroatoms. The van der Waals surface area contributed by atoms with Gasteiger partial charge in [-0.15, -0.1) is 22.0 Å². The number of aromatic nitrogens is 3. The molecule has 1 heterocycles. The molecule has 4 nitrogen and oxygen atoms in total. The fourth-order valence-corrected chi connectivity index (χ4v) is 2.50. The molecule has 0 bridgehead atoms. The predicted octanol–water partition coefficient (Wildman–Crippen LogP) is 2.64. The first-order valence-corrected chi connectivity index (χ1v) is 6.93. The van der Waals surface area contributed by atoms with Gasteiger partial charge in [0.25, 0.3) is 0 Å². The summed E-state index contributed by atoms with van der Waals surface area (Å²) in [6.07, 6.45) is 7.30. The Kier molecular flexibility index (Phi) is 4.94. The summed E-state index contributed by atoms with van der Waals surface area (Å²) in [7, 11) is 0. The molecule has 0 amide bonds. The zero-order chi connectivity index (χ0) is 13.5. The lowest BCUT2D eigenvalue weighted by Crippen LogP contribution is -1.97. The van der Waals surface area contributed by atoms with Crippen molar-refractivity contribution >= 4 is 24.0 Å². The van der Waals surface area contributed by atoms with Crippen LogP contribution < -0.4 is 5.73 Å². The van der Waals surface area contributed by atoms with Gasteiger partial charge in [0.05, 0.1) is 0 Å². The number of hydrogen-bond acceptors (Lipinski definition) is 4. The Labute approximate surface area is 117 Å². The molecule has 0 atom stereocenters. The third-order valence-corrected chi connectivity index (χ3v) is 3.66. The van der Waals surface area contributed by atoms with Crippen LogP contribution in [0.25, 0.3) is 12.3 Å². The summed E-state index contributed by atoms with van der Waals surface area (Å²) >= 11 is 1.76. The third kappa shape index (κ3) is 3.56. The highest BCUT2D eigenvalue weighted by Crippen LogP contribution is 2.22. The van der Waals surface area contributed by atoms with E-state index in [2.05, 4.69) is 35.0 Å². The van der Waals surface area contributed by atoms with E-state index in [0.29, 0.717) is 6.54 Å². The zero-order valence-corrected chi connectivity index (χ0v) is 11.4. The van der Waals surface area contributed by atoms with Gasteiger partial charge in [0.15, 0.2) is 5.82 Å². The molecule has 0 fully saturated rings. The Hall–Kier alpha value is -1.85. The highest BCUT2D eigenvalue weighted by atomic mass is 32.2. The summed E-state index contributed by atoms with van der Waals surface area (Å²) in [5.74, 6) is 1.64. The summed E-state index contributed by atoms with van der Waals surface area (Å²) in [6.45, 7) is 4.26. The van der Waals surface area contributed by atoms with Crippen molar-refractivity contribution in [2.45, 2.75) is 11.4 Å². The van der Waals surface area contributed by atoms with Crippen molar-refractivity contribution in [2.24, 2.45) is 5.73 Å². The SMILES string of the molecule is C=Cn1cnnc1/C=C\CSc1ccccc1CN. The largest absolute Gasteiger partial charge is 0.326 e. The van der Waals surface area contributed by atoms with E-state index in [1.54, 1.807) is 28.9 Å². The van der Waals surface area contributed by atoms with Crippen LogP contribution in [-0.2, 0) is 6.54 Å². The average molecular weight is 272 g/mol. The van der Waals surface area contributed by atoms with E-state index in [9.17, 15) is 0 Å². The molecule has 0 spiro atoms. The summed E-state index contributed by atoms with van der Waals surface area (Å²) in [6, 6.07) is 8.18. The zero-order valence-electron chi connectivity index (χ0n) is 10.6. The van der Waals surface area contributed by atoms with E-state index >= 15 is 0 Å². The minimum absolute atomic E-state index is 0.567. The van der Waals surface area contributed by atoms with Crippen LogP contribution in [0.3, 0.4) is 0 Å². The lowest BCUT2D eigenvalue weighted by atomic mass is 10.2. The van der Waals surface area contributed by atoms with Crippen molar-refractivity contribution in [1.82, 2.24) is 14.8 Å². The number of nitrogens with two attached hydrogens (primary N) is 1. The third-order valence-electron chi connectivity index (χ3n) is 2.59. The molecular formula is C14H16N4S. The van der Waals surface area contributed by atoms with Gasteiger partial charge in [0.2, 0.25) is 0 Å². The molecular weight excluding hydrogens is 256 g/mol. The highest BCUT2D eigenvalue weighted by Gasteiger charge is 1.99. The maximum Gasteiger partial charge on any atom is 0.160 e. The van der Waals surface area contributed by atoms with E-state index in [1.165, 1.54) is 10.5 Å².